The average Bonchev–Trinajstić information content (AvgIpc) is 2.84. The Kier molecular flexibility index (Phi) is 6.58. The van der Waals surface area contributed by atoms with Gasteiger partial charge >= 0.3 is 16.3 Å². The minimum atomic E-state index is -4.58. The van der Waals surface area contributed by atoms with Gasteiger partial charge in [0.2, 0.25) is 0 Å². The maximum atomic E-state index is 13.6. The molecule has 0 aromatic heterocycles. The molecule has 0 aliphatic rings. The molecule has 0 bridgehead atoms. The van der Waals surface area contributed by atoms with Crippen LogP contribution in [0, 0.1) is 6.92 Å². The molecular formula is C26H21F3O3S2. The Balaban J connectivity index is 1.96. The predicted octanol–water partition coefficient (Wildman–Crippen LogP) is 7.62. The summed E-state index contributed by atoms with van der Waals surface area (Å²) in [7, 11) is -7.29. The van der Waals surface area contributed by atoms with Gasteiger partial charge in [0.15, 0.2) is 0 Å². The van der Waals surface area contributed by atoms with E-state index in [0.717, 1.165) is 29.8 Å². The van der Waals surface area contributed by atoms with Crippen molar-refractivity contribution in [2.75, 3.05) is 0 Å². The van der Waals surface area contributed by atoms with Gasteiger partial charge in [-0.1, -0.05) is 54.6 Å². The second kappa shape index (κ2) is 9.29. The second-order valence-corrected chi connectivity index (χ2v) is 11.9. The van der Waals surface area contributed by atoms with Crippen molar-refractivity contribution in [2.45, 2.75) is 32.7 Å². The molecule has 0 aliphatic carbocycles. The summed E-state index contributed by atoms with van der Waals surface area (Å²) >= 11 is 0. The van der Waals surface area contributed by atoms with Gasteiger partial charge in [0, 0.05) is 14.7 Å². The van der Waals surface area contributed by atoms with Crippen LogP contribution in [0.1, 0.15) is 11.1 Å². The zero-order chi connectivity index (χ0) is 24.4. The highest BCUT2D eigenvalue weighted by Crippen LogP contribution is 2.70. The van der Waals surface area contributed by atoms with Crippen molar-refractivity contribution in [2.24, 2.45) is 0 Å². The molecule has 4 rings (SSSR count). The smallest absolute Gasteiger partial charge is 0.203 e. The van der Waals surface area contributed by atoms with Crippen molar-refractivity contribution in [3.63, 3.8) is 0 Å². The first-order valence-corrected chi connectivity index (χ1v) is 13.2. The van der Waals surface area contributed by atoms with E-state index in [1.807, 2.05) is 43.3 Å². The summed E-state index contributed by atoms with van der Waals surface area (Å²) in [6.45, 7) is 1.87. The van der Waals surface area contributed by atoms with Gasteiger partial charge in [0.05, 0.1) is 10.5 Å². The molecule has 0 saturated carbocycles. The number of halogens is 3. The third-order valence-corrected chi connectivity index (χ3v) is 10.5. The summed E-state index contributed by atoms with van der Waals surface area (Å²) in [6, 6.07) is 28.7. The van der Waals surface area contributed by atoms with Crippen LogP contribution in [0.15, 0.2) is 129 Å². The number of aryl methyl sites for hydroxylation is 1. The maximum Gasteiger partial charge on any atom is 0.416 e. The Labute approximate surface area is 198 Å². The van der Waals surface area contributed by atoms with E-state index in [4.69, 9.17) is 3.63 Å². The van der Waals surface area contributed by atoms with Crippen molar-refractivity contribution in [1.29, 1.82) is 0 Å². The fourth-order valence-corrected chi connectivity index (χ4v) is 9.03. The SMILES string of the molecule is Cc1ccccc1S(OS(=O)(=O)c1ccc(C(F)(F)F)cc1)(c1ccccc1)c1ccccc1. The zero-order valence-corrected chi connectivity index (χ0v) is 19.7. The van der Waals surface area contributed by atoms with Crippen LogP contribution in [0.2, 0.25) is 0 Å². The monoisotopic (exact) mass is 502 g/mol. The molecule has 176 valence electrons. The molecular weight excluding hydrogens is 481 g/mol. The lowest BCUT2D eigenvalue weighted by Gasteiger charge is -2.40. The molecule has 0 unspecified atom stereocenters. The van der Waals surface area contributed by atoms with Crippen LogP contribution >= 0.6 is 10.3 Å². The average molecular weight is 503 g/mol. The molecule has 34 heavy (non-hydrogen) atoms. The Bertz CT molecular complexity index is 1330. The van der Waals surface area contributed by atoms with Gasteiger partial charge in [-0.3, -0.25) is 0 Å². The molecule has 0 aliphatic heterocycles. The highest BCUT2D eigenvalue weighted by atomic mass is 32.3. The molecule has 0 heterocycles. The first-order valence-electron chi connectivity index (χ1n) is 10.3. The summed E-state index contributed by atoms with van der Waals surface area (Å²) in [5, 5.41) is 0. The first-order chi connectivity index (χ1) is 16.1. The van der Waals surface area contributed by atoms with Crippen LogP contribution in [0.25, 0.3) is 0 Å². The van der Waals surface area contributed by atoms with Gasteiger partial charge in [-0.05, 0) is 77.4 Å². The van der Waals surface area contributed by atoms with Crippen molar-refractivity contribution >= 4 is 20.4 Å². The van der Waals surface area contributed by atoms with Crippen molar-refractivity contribution in [3.8, 4) is 0 Å². The molecule has 0 N–H and O–H groups in total. The standard InChI is InChI=1S/C26H21F3O3S2/c1-20-10-8-9-15-25(20)33(22-11-4-2-5-12-22,23-13-6-3-7-14-23)32-34(30,31)24-18-16-21(17-19-24)26(27,28)29/h2-19H,1H3. The van der Waals surface area contributed by atoms with Gasteiger partial charge in [-0.15, -0.1) is 0 Å². The normalized spacial score (nSPS) is 12.9. The van der Waals surface area contributed by atoms with Crippen molar-refractivity contribution in [1.82, 2.24) is 0 Å². The Morgan fingerprint density at radius 2 is 1.09 bits per heavy atom. The van der Waals surface area contributed by atoms with Crippen LogP contribution < -0.4 is 0 Å². The van der Waals surface area contributed by atoms with Crippen LogP contribution in [0.4, 0.5) is 13.2 Å². The highest BCUT2D eigenvalue weighted by Gasteiger charge is 2.39. The molecule has 0 saturated heterocycles. The predicted molar refractivity (Wildman–Crippen MR) is 126 cm³/mol. The van der Waals surface area contributed by atoms with E-state index >= 15 is 0 Å². The van der Waals surface area contributed by atoms with E-state index < -0.39 is 32.2 Å². The summed E-state index contributed by atoms with van der Waals surface area (Å²) in [5.41, 5.74) is -0.108. The lowest BCUT2D eigenvalue weighted by molar-refractivity contribution is -0.137. The van der Waals surface area contributed by atoms with Crippen LogP contribution in [-0.2, 0) is 19.9 Å². The highest BCUT2D eigenvalue weighted by molar-refractivity contribution is 8.33. The third kappa shape index (κ3) is 4.61. The van der Waals surface area contributed by atoms with E-state index in [1.54, 1.807) is 48.5 Å². The number of hydrogen-bond donors (Lipinski definition) is 0. The van der Waals surface area contributed by atoms with E-state index in [1.165, 1.54) is 0 Å². The molecule has 4 aromatic carbocycles. The van der Waals surface area contributed by atoms with Crippen LogP contribution in [0.5, 0.6) is 0 Å². The molecule has 8 heteroatoms. The second-order valence-electron chi connectivity index (χ2n) is 7.49. The first kappa shape index (κ1) is 24.1. The summed E-state index contributed by atoms with van der Waals surface area (Å²) in [6.07, 6.45) is -4.58. The molecule has 0 amide bonds. The van der Waals surface area contributed by atoms with Crippen LogP contribution in [-0.4, -0.2) is 8.42 Å². The van der Waals surface area contributed by atoms with Gasteiger partial charge in [0.1, 0.15) is 0 Å². The Hall–Kier alpha value is -3.07. The molecule has 4 aromatic rings. The maximum absolute atomic E-state index is 13.6. The lowest BCUT2D eigenvalue weighted by Crippen LogP contribution is -2.15. The van der Waals surface area contributed by atoms with Crippen molar-refractivity contribution in [3.05, 3.63) is 120 Å². The summed E-state index contributed by atoms with van der Waals surface area (Å²) in [4.78, 5) is 1.62. The number of benzene rings is 4. The number of rotatable bonds is 6. The van der Waals surface area contributed by atoms with E-state index in [2.05, 4.69) is 0 Å². The summed E-state index contributed by atoms with van der Waals surface area (Å²) < 4.78 is 72.3. The number of hydrogen-bond acceptors (Lipinski definition) is 3. The lowest BCUT2D eigenvalue weighted by atomic mass is 10.2. The van der Waals surface area contributed by atoms with E-state index in [0.29, 0.717) is 14.7 Å². The number of alkyl halides is 3. The largest absolute Gasteiger partial charge is 0.416 e. The minimum absolute atomic E-state index is 0.349. The quantitative estimate of drug-likeness (QED) is 0.272. The third-order valence-electron chi connectivity index (χ3n) is 5.22. The van der Waals surface area contributed by atoms with Gasteiger partial charge in [0.25, 0.3) is 0 Å². The van der Waals surface area contributed by atoms with Crippen molar-refractivity contribution < 1.29 is 25.2 Å². The molecule has 0 spiro atoms. The molecule has 0 radical (unpaired) electrons. The Morgan fingerprint density at radius 1 is 0.618 bits per heavy atom. The molecule has 3 nitrogen and oxygen atoms in total. The minimum Gasteiger partial charge on any atom is -0.203 e. The van der Waals surface area contributed by atoms with Gasteiger partial charge in [-0.2, -0.15) is 21.6 Å². The summed E-state index contributed by atoms with van der Waals surface area (Å²) in [5.74, 6) is 0. The van der Waals surface area contributed by atoms with Crippen LogP contribution in [0.3, 0.4) is 0 Å². The van der Waals surface area contributed by atoms with Gasteiger partial charge in [-0.25, -0.2) is 3.63 Å². The van der Waals surface area contributed by atoms with E-state index in [9.17, 15) is 21.6 Å². The fourth-order valence-electron chi connectivity index (χ4n) is 3.59. The zero-order valence-electron chi connectivity index (χ0n) is 18.1. The van der Waals surface area contributed by atoms with Gasteiger partial charge < -0.3 is 0 Å². The van der Waals surface area contributed by atoms with E-state index in [-0.39, 0.29) is 4.90 Å². The molecule has 0 fully saturated rings. The fraction of sp³-hybridized carbons (Fsp3) is 0.0769. The topological polar surface area (TPSA) is 43.4 Å². The Morgan fingerprint density at radius 3 is 1.56 bits per heavy atom. The molecule has 0 atom stereocenters.